The van der Waals surface area contributed by atoms with E-state index in [1.165, 1.54) is 7.11 Å². The van der Waals surface area contributed by atoms with Crippen LogP contribution in [0.2, 0.25) is 5.02 Å². The molecule has 10 heteroatoms. The first-order valence-corrected chi connectivity index (χ1v) is 9.04. The topological polar surface area (TPSA) is 78.9 Å². The molecule has 0 amide bonds. The molecule has 1 fully saturated rings. The second-order valence-corrected chi connectivity index (χ2v) is 6.70. The van der Waals surface area contributed by atoms with E-state index in [-0.39, 0.29) is 5.97 Å². The monoisotopic (exact) mass is 424 g/mol. The molecule has 1 aliphatic heterocycles. The number of esters is 1. The first kappa shape index (κ1) is 24.2. The Kier molecular flexibility index (Phi) is 9.71. The number of aliphatic carboxylic acids is 1. The number of nitrogens with zero attached hydrogens (tertiary/aromatic N) is 1. The predicted molar refractivity (Wildman–Crippen MR) is 98.2 cm³/mol. The van der Waals surface area contributed by atoms with E-state index >= 15 is 0 Å². The van der Waals surface area contributed by atoms with Gasteiger partial charge < -0.3 is 15.2 Å². The molecule has 1 heterocycles. The van der Waals surface area contributed by atoms with Crippen LogP contribution in [0.3, 0.4) is 0 Å². The van der Waals surface area contributed by atoms with Gasteiger partial charge in [-0.05, 0) is 29.7 Å². The number of piperazine rings is 1. The number of nitrogens with one attached hydrogen (secondary N) is 1. The van der Waals surface area contributed by atoms with Crippen molar-refractivity contribution in [2.24, 2.45) is 0 Å². The molecule has 1 aliphatic rings. The largest absolute Gasteiger partial charge is 0.490 e. The molecule has 6 nitrogen and oxygen atoms in total. The van der Waals surface area contributed by atoms with Crippen molar-refractivity contribution >= 4 is 23.5 Å². The molecule has 0 aliphatic carbocycles. The molecule has 0 spiro atoms. The van der Waals surface area contributed by atoms with Crippen LogP contribution in [0.4, 0.5) is 13.2 Å². The van der Waals surface area contributed by atoms with E-state index in [4.69, 9.17) is 26.2 Å². The Labute approximate surface area is 166 Å². The van der Waals surface area contributed by atoms with Crippen molar-refractivity contribution in [3.8, 4) is 0 Å². The van der Waals surface area contributed by atoms with E-state index in [0.29, 0.717) is 17.5 Å². The second kappa shape index (κ2) is 11.2. The highest BCUT2D eigenvalue weighted by Gasteiger charge is 2.38. The number of rotatable bonds is 5. The summed E-state index contributed by atoms with van der Waals surface area (Å²) in [6.45, 7) is 6.07. The van der Waals surface area contributed by atoms with E-state index in [0.717, 1.165) is 43.7 Å². The summed E-state index contributed by atoms with van der Waals surface area (Å²) in [5.74, 6) is -2.97. The highest BCUT2D eigenvalue weighted by molar-refractivity contribution is 6.30. The van der Waals surface area contributed by atoms with E-state index in [1.54, 1.807) is 0 Å². The van der Waals surface area contributed by atoms with Crippen molar-refractivity contribution in [1.29, 1.82) is 0 Å². The van der Waals surface area contributed by atoms with Crippen LogP contribution in [-0.4, -0.2) is 60.9 Å². The first-order chi connectivity index (χ1) is 13.1. The molecule has 1 aromatic rings. The van der Waals surface area contributed by atoms with Crippen molar-refractivity contribution in [3.63, 3.8) is 0 Å². The van der Waals surface area contributed by atoms with Gasteiger partial charge in [0.25, 0.3) is 0 Å². The molecular formula is C18H24ClF3N2O4. The fourth-order valence-corrected chi connectivity index (χ4v) is 2.89. The number of carboxylic acids is 1. The minimum atomic E-state index is -5.08. The highest BCUT2D eigenvalue weighted by atomic mass is 35.5. The lowest BCUT2D eigenvalue weighted by Gasteiger charge is -2.33. The third-order valence-electron chi connectivity index (χ3n) is 4.20. The van der Waals surface area contributed by atoms with Gasteiger partial charge in [-0.1, -0.05) is 24.6 Å². The molecule has 0 saturated carbocycles. The summed E-state index contributed by atoms with van der Waals surface area (Å²) in [6.07, 6.45) is -3.66. The van der Waals surface area contributed by atoms with Crippen LogP contribution in [0, 0.1) is 0 Å². The van der Waals surface area contributed by atoms with Crippen LogP contribution >= 0.6 is 11.6 Å². The van der Waals surface area contributed by atoms with Gasteiger partial charge in [0.1, 0.15) is 0 Å². The number of halogens is 4. The molecule has 0 aromatic heterocycles. The standard InChI is InChI=1S/C16H23ClN2O2.C2HF3O2/c1-3-15-11-19(7-6-18-15)10-13-8-14(17)5-4-12(13)9-16(20)21-2;3-2(4,5)1(6)7/h4-5,8,15,18H,3,6-7,9-11H2,1-2H3;(H,6,7)/t15-;/m0./s1. The number of alkyl halides is 3. The maximum Gasteiger partial charge on any atom is 0.490 e. The summed E-state index contributed by atoms with van der Waals surface area (Å²) >= 11 is 6.11. The molecule has 158 valence electrons. The van der Waals surface area contributed by atoms with Crippen LogP contribution in [0.5, 0.6) is 0 Å². The lowest BCUT2D eigenvalue weighted by atomic mass is 10.0. The number of carboxylic acid groups (broad SMARTS) is 1. The van der Waals surface area contributed by atoms with Crippen molar-refractivity contribution in [2.45, 2.75) is 38.5 Å². The number of ether oxygens (including phenoxy) is 1. The predicted octanol–water partition coefficient (Wildman–Crippen LogP) is 2.87. The Bertz CT molecular complexity index is 671. The molecule has 0 unspecified atom stereocenters. The normalized spacial score (nSPS) is 17.4. The van der Waals surface area contributed by atoms with Crippen molar-refractivity contribution in [1.82, 2.24) is 10.2 Å². The fraction of sp³-hybridized carbons (Fsp3) is 0.556. The van der Waals surface area contributed by atoms with Crippen LogP contribution in [0.25, 0.3) is 0 Å². The second-order valence-electron chi connectivity index (χ2n) is 6.26. The van der Waals surface area contributed by atoms with Gasteiger partial charge in [-0.25, -0.2) is 4.79 Å². The van der Waals surface area contributed by atoms with Crippen LogP contribution in [-0.2, 0) is 27.3 Å². The van der Waals surface area contributed by atoms with Gasteiger partial charge in [0, 0.05) is 37.2 Å². The summed E-state index contributed by atoms with van der Waals surface area (Å²) in [7, 11) is 1.42. The average molecular weight is 425 g/mol. The van der Waals surface area contributed by atoms with Crippen LogP contribution in [0.1, 0.15) is 24.5 Å². The van der Waals surface area contributed by atoms with Crippen molar-refractivity contribution < 1.29 is 32.6 Å². The molecule has 0 radical (unpaired) electrons. The summed E-state index contributed by atoms with van der Waals surface area (Å²) < 4.78 is 36.5. The maximum atomic E-state index is 11.5. The van der Waals surface area contributed by atoms with E-state index in [2.05, 4.69) is 17.1 Å². The quantitative estimate of drug-likeness (QED) is 0.708. The number of carbonyl (C=O) groups excluding carboxylic acids is 1. The van der Waals surface area contributed by atoms with Crippen molar-refractivity contribution in [2.75, 3.05) is 26.7 Å². The van der Waals surface area contributed by atoms with Gasteiger partial charge in [-0.3, -0.25) is 9.69 Å². The Morgan fingerprint density at radius 2 is 2.00 bits per heavy atom. The van der Waals surface area contributed by atoms with Gasteiger partial charge in [0.05, 0.1) is 13.5 Å². The van der Waals surface area contributed by atoms with Gasteiger partial charge >= 0.3 is 18.1 Å². The third-order valence-corrected chi connectivity index (χ3v) is 4.43. The van der Waals surface area contributed by atoms with Gasteiger partial charge in [0.2, 0.25) is 0 Å². The summed E-state index contributed by atoms with van der Waals surface area (Å²) in [5, 5.41) is 11.3. The summed E-state index contributed by atoms with van der Waals surface area (Å²) in [5.41, 5.74) is 2.11. The molecule has 1 saturated heterocycles. The lowest BCUT2D eigenvalue weighted by molar-refractivity contribution is -0.192. The van der Waals surface area contributed by atoms with E-state index in [1.807, 2.05) is 18.2 Å². The maximum absolute atomic E-state index is 11.5. The van der Waals surface area contributed by atoms with E-state index in [9.17, 15) is 18.0 Å². The third kappa shape index (κ3) is 8.45. The number of hydrogen-bond acceptors (Lipinski definition) is 5. The Hall–Kier alpha value is -1.84. The molecule has 2 N–H and O–H groups in total. The average Bonchev–Trinajstić information content (AvgIpc) is 2.63. The summed E-state index contributed by atoms with van der Waals surface area (Å²) in [6, 6.07) is 6.26. The van der Waals surface area contributed by atoms with Gasteiger partial charge in [0.15, 0.2) is 0 Å². The van der Waals surface area contributed by atoms with E-state index < -0.39 is 12.1 Å². The fourth-order valence-electron chi connectivity index (χ4n) is 2.69. The Balaban J connectivity index is 0.000000480. The van der Waals surface area contributed by atoms with Gasteiger partial charge in [-0.2, -0.15) is 13.2 Å². The lowest BCUT2D eigenvalue weighted by Crippen LogP contribution is -2.49. The van der Waals surface area contributed by atoms with Crippen LogP contribution < -0.4 is 5.32 Å². The van der Waals surface area contributed by atoms with Gasteiger partial charge in [-0.15, -0.1) is 0 Å². The first-order valence-electron chi connectivity index (χ1n) is 8.66. The minimum Gasteiger partial charge on any atom is -0.475 e. The smallest absolute Gasteiger partial charge is 0.475 e. The number of hydrogen-bond donors (Lipinski definition) is 2. The zero-order valence-corrected chi connectivity index (χ0v) is 16.4. The zero-order chi connectivity index (χ0) is 21.3. The molecule has 0 bridgehead atoms. The van der Waals surface area contributed by atoms with Crippen LogP contribution in [0.15, 0.2) is 18.2 Å². The summed E-state index contributed by atoms with van der Waals surface area (Å²) in [4.78, 5) is 22.8. The number of carbonyl (C=O) groups is 2. The number of methoxy groups -OCH3 is 1. The minimum absolute atomic E-state index is 0.217. The molecule has 1 atom stereocenters. The Morgan fingerprint density at radius 1 is 1.36 bits per heavy atom. The molecule has 28 heavy (non-hydrogen) atoms. The molecule has 2 rings (SSSR count). The highest BCUT2D eigenvalue weighted by Crippen LogP contribution is 2.20. The Morgan fingerprint density at radius 3 is 2.54 bits per heavy atom. The molecular weight excluding hydrogens is 401 g/mol. The van der Waals surface area contributed by atoms with Crippen molar-refractivity contribution in [3.05, 3.63) is 34.3 Å². The molecule has 1 aromatic carbocycles. The SMILES string of the molecule is CC[C@H]1CN(Cc2cc(Cl)ccc2CC(=O)OC)CCN1.O=C(O)C(F)(F)F. The zero-order valence-electron chi connectivity index (χ0n) is 15.7. The number of benzene rings is 1.